The van der Waals surface area contributed by atoms with Gasteiger partial charge >= 0.3 is 0 Å². The second-order valence-corrected chi connectivity index (χ2v) is 6.72. The van der Waals surface area contributed by atoms with E-state index in [1.54, 1.807) is 0 Å². The number of nitrogens with two attached hydrogens (primary N) is 1. The van der Waals surface area contributed by atoms with Crippen LogP contribution in [0, 0.1) is 11.6 Å². The quantitative estimate of drug-likeness (QED) is 0.673. The Morgan fingerprint density at radius 2 is 1.86 bits per heavy atom. The van der Waals surface area contributed by atoms with Crippen molar-refractivity contribution in [2.75, 3.05) is 0 Å². The Morgan fingerprint density at radius 1 is 1.24 bits per heavy atom. The molecule has 0 spiro atoms. The van der Waals surface area contributed by atoms with Gasteiger partial charge in [0.05, 0.1) is 16.6 Å². The van der Waals surface area contributed by atoms with Crippen LogP contribution in [-0.4, -0.2) is 9.59 Å². The van der Waals surface area contributed by atoms with Gasteiger partial charge in [-0.15, -0.1) is 5.10 Å². The number of hydrogen-bond donors (Lipinski definition) is 2. The highest BCUT2D eigenvalue weighted by atomic mass is 32.1. The van der Waals surface area contributed by atoms with Crippen LogP contribution in [0.15, 0.2) is 18.2 Å². The van der Waals surface area contributed by atoms with Crippen LogP contribution >= 0.6 is 11.5 Å². The van der Waals surface area contributed by atoms with E-state index in [4.69, 9.17) is 5.84 Å². The number of aromatic nitrogens is 2. The number of hydrazine groups is 1. The largest absolute Gasteiger partial charge is 0.271 e. The van der Waals surface area contributed by atoms with Crippen molar-refractivity contribution in [3.8, 4) is 0 Å². The van der Waals surface area contributed by atoms with Crippen molar-refractivity contribution in [2.45, 2.75) is 38.6 Å². The minimum absolute atomic E-state index is 0.176. The predicted octanol–water partition coefficient (Wildman–Crippen LogP) is 2.86. The minimum Gasteiger partial charge on any atom is -0.271 e. The Bertz CT molecular complexity index is 601. The molecule has 0 radical (unpaired) electrons. The van der Waals surface area contributed by atoms with E-state index in [0.29, 0.717) is 12.0 Å². The van der Waals surface area contributed by atoms with Crippen molar-refractivity contribution < 1.29 is 8.78 Å². The van der Waals surface area contributed by atoms with Gasteiger partial charge in [0, 0.05) is 11.5 Å². The number of nitrogens with one attached hydrogen (secondary N) is 1. The molecule has 0 bridgehead atoms. The highest BCUT2D eigenvalue weighted by molar-refractivity contribution is 7.05. The molecule has 7 heteroatoms. The number of benzene rings is 1. The molecule has 3 N–H and O–H groups in total. The van der Waals surface area contributed by atoms with Crippen LogP contribution in [0.5, 0.6) is 0 Å². The van der Waals surface area contributed by atoms with Crippen LogP contribution in [0.2, 0.25) is 0 Å². The van der Waals surface area contributed by atoms with Gasteiger partial charge < -0.3 is 0 Å². The van der Waals surface area contributed by atoms with Crippen LogP contribution in [0.1, 0.15) is 42.9 Å². The lowest BCUT2D eigenvalue weighted by atomic mass is 9.89. The Morgan fingerprint density at radius 3 is 2.38 bits per heavy atom. The van der Waals surface area contributed by atoms with Crippen LogP contribution in [-0.2, 0) is 11.8 Å². The van der Waals surface area contributed by atoms with E-state index in [2.05, 4.69) is 15.0 Å². The summed E-state index contributed by atoms with van der Waals surface area (Å²) in [5.41, 5.74) is 3.89. The number of nitrogens with zero attached hydrogens (tertiary/aromatic N) is 2. The second kappa shape index (κ2) is 6.13. The van der Waals surface area contributed by atoms with Crippen molar-refractivity contribution in [2.24, 2.45) is 5.84 Å². The van der Waals surface area contributed by atoms with Crippen LogP contribution in [0.25, 0.3) is 0 Å². The Balaban J connectivity index is 2.31. The summed E-state index contributed by atoms with van der Waals surface area (Å²) in [6.45, 7) is 6.09. The lowest BCUT2D eigenvalue weighted by Gasteiger charge is -2.21. The summed E-state index contributed by atoms with van der Waals surface area (Å²) >= 11 is 1.25. The molecule has 2 rings (SSSR count). The smallest absolute Gasteiger partial charge is 0.126 e. The van der Waals surface area contributed by atoms with Gasteiger partial charge in [0.15, 0.2) is 0 Å². The molecule has 0 aliphatic carbocycles. The van der Waals surface area contributed by atoms with Gasteiger partial charge in [-0.1, -0.05) is 25.3 Å². The van der Waals surface area contributed by atoms with Gasteiger partial charge in [-0.05, 0) is 35.6 Å². The Kier molecular flexibility index (Phi) is 4.65. The molecule has 1 atom stereocenters. The average Bonchev–Trinajstić information content (AvgIpc) is 2.83. The van der Waals surface area contributed by atoms with E-state index >= 15 is 0 Å². The van der Waals surface area contributed by atoms with Crippen LogP contribution < -0.4 is 11.3 Å². The molecule has 4 nitrogen and oxygen atoms in total. The lowest BCUT2D eigenvalue weighted by Crippen LogP contribution is -2.31. The summed E-state index contributed by atoms with van der Waals surface area (Å²) in [6, 6.07) is 3.17. The zero-order valence-corrected chi connectivity index (χ0v) is 13.0. The number of halogens is 2. The molecule has 0 fully saturated rings. The van der Waals surface area contributed by atoms with Gasteiger partial charge in [-0.2, -0.15) is 0 Å². The topological polar surface area (TPSA) is 63.8 Å². The van der Waals surface area contributed by atoms with Crippen molar-refractivity contribution in [1.29, 1.82) is 0 Å². The molecule has 0 saturated carbocycles. The van der Waals surface area contributed by atoms with Crippen LogP contribution in [0.4, 0.5) is 8.78 Å². The molecule has 1 heterocycles. The normalized spacial score (nSPS) is 13.4. The van der Waals surface area contributed by atoms with E-state index in [1.807, 2.05) is 20.8 Å². The second-order valence-electron chi connectivity index (χ2n) is 5.94. The van der Waals surface area contributed by atoms with E-state index in [0.717, 1.165) is 16.6 Å². The molecule has 0 saturated heterocycles. The molecule has 2 aromatic rings. The zero-order chi connectivity index (χ0) is 15.6. The maximum Gasteiger partial charge on any atom is 0.126 e. The van der Waals surface area contributed by atoms with Crippen molar-refractivity contribution in [3.63, 3.8) is 0 Å². The first-order valence-corrected chi connectivity index (χ1v) is 7.32. The molecule has 21 heavy (non-hydrogen) atoms. The molecule has 0 aliphatic heterocycles. The summed E-state index contributed by atoms with van der Waals surface area (Å²) in [5.74, 6) is 4.42. The maximum atomic E-state index is 13.3. The molecular weight excluding hydrogens is 294 g/mol. The Hall–Kier alpha value is -1.44. The van der Waals surface area contributed by atoms with Gasteiger partial charge in [0.2, 0.25) is 0 Å². The van der Waals surface area contributed by atoms with E-state index < -0.39 is 11.6 Å². The summed E-state index contributed by atoms with van der Waals surface area (Å²) in [4.78, 5) is 0.884. The number of hydrogen-bond acceptors (Lipinski definition) is 5. The lowest BCUT2D eigenvalue weighted by molar-refractivity contribution is 0.512. The molecule has 1 aromatic carbocycles. The SMILES string of the molecule is CC(C)(C)c1nnsc1C(Cc1cc(F)cc(F)c1)NN. The summed E-state index contributed by atoms with van der Waals surface area (Å²) in [5, 5.41) is 4.16. The third-order valence-corrected chi connectivity index (χ3v) is 3.94. The van der Waals surface area contributed by atoms with Gasteiger partial charge in [-0.25, -0.2) is 8.78 Å². The van der Waals surface area contributed by atoms with E-state index in [1.165, 1.54) is 23.7 Å². The standard InChI is InChI=1S/C14H18F2N4S/c1-14(2,3)13-12(21-20-19-13)11(18-17)6-8-4-9(15)7-10(16)5-8/h4-5,7,11,18H,6,17H2,1-3H3. The van der Waals surface area contributed by atoms with Crippen molar-refractivity contribution in [3.05, 3.63) is 46.0 Å². The molecule has 0 aliphatic rings. The highest BCUT2D eigenvalue weighted by Gasteiger charge is 2.27. The fourth-order valence-electron chi connectivity index (χ4n) is 2.14. The summed E-state index contributed by atoms with van der Waals surface area (Å²) < 4.78 is 30.5. The fraction of sp³-hybridized carbons (Fsp3) is 0.429. The third-order valence-electron chi connectivity index (χ3n) is 3.10. The molecule has 1 unspecified atom stereocenters. The van der Waals surface area contributed by atoms with Gasteiger partial charge in [-0.3, -0.25) is 11.3 Å². The summed E-state index contributed by atoms with van der Waals surface area (Å²) in [6.07, 6.45) is 0.359. The highest BCUT2D eigenvalue weighted by Crippen LogP contribution is 2.31. The maximum absolute atomic E-state index is 13.3. The van der Waals surface area contributed by atoms with E-state index in [-0.39, 0.29) is 11.5 Å². The van der Waals surface area contributed by atoms with Crippen molar-refractivity contribution in [1.82, 2.24) is 15.0 Å². The molecular formula is C14H18F2N4S. The summed E-state index contributed by atoms with van der Waals surface area (Å²) in [7, 11) is 0. The Labute approximate surface area is 126 Å². The molecule has 1 aromatic heterocycles. The average molecular weight is 312 g/mol. The van der Waals surface area contributed by atoms with Gasteiger partial charge in [0.25, 0.3) is 0 Å². The molecule has 0 amide bonds. The van der Waals surface area contributed by atoms with Gasteiger partial charge in [0.1, 0.15) is 11.6 Å². The first kappa shape index (κ1) is 15.9. The monoisotopic (exact) mass is 312 g/mol. The zero-order valence-electron chi connectivity index (χ0n) is 12.2. The first-order valence-electron chi connectivity index (χ1n) is 6.55. The predicted molar refractivity (Wildman–Crippen MR) is 78.7 cm³/mol. The number of rotatable bonds is 4. The molecule has 114 valence electrons. The minimum atomic E-state index is -0.598. The van der Waals surface area contributed by atoms with Crippen molar-refractivity contribution >= 4 is 11.5 Å². The third kappa shape index (κ3) is 3.81. The first-order chi connectivity index (χ1) is 9.81. The van der Waals surface area contributed by atoms with Crippen LogP contribution in [0.3, 0.4) is 0 Å². The fourth-order valence-corrected chi connectivity index (χ4v) is 3.06. The van der Waals surface area contributed by atoms with E-state index in [9.17, 15) is 8.78 Å².